The van der Waals surface area contributed by atoms with E-state index in [2.05, 4.69) is 31.0 Å². The number of hydrogen-bond acceptors (Lipinski definition) is 8. The topological polar surface area (TPSA) is 86.7 Å². The molecule has 0 radical (unpaired) electrons. The van der Waals surface area contributed by atoms with E-state index in [-0.39, 0.29) is 5.91 Å². The van der Waals surface area contributed by atoms with Gasteiger partial charge in [-0.1, -0.05) is 38.6 Å². The van der Waals surface area contributed by atoms with Gasteiger partial charge in [-0.05, 0) is 54.7 Å². The average Bonchev–Trinajstić information content (AvgIpc) is 3.01. The van der Waals surface area contributed by atoms with Crippen molar-refractivity contribution in [3.05, 3.63) is 47.5 Å². The fraction of sp³-hybridized carbons (Fsp3) is 0.407. The largest absolute Gasteiger partial charge is 0.497 e. The van der Waals surface area contributed by atoms with Gasteiger partial charge < -0.3 is 14.2 Å². The van der Waals surface area contributed by atoms with E-state index in [1.165, 1.54) is 6.92 Å². The van der Waals surface area contributed by atoms with Crippen LogP contribution in [0.25, 0.3) is 11.3 Å². The first-order valence-corrected chi connectivity index (χ1v) is 13.0. The molecule has 36 heavy (non-hydrogen) atoms. The first-order valence-electron chi connectivity index (χ1n) is 12.0. The van der Waals surface area contributed by atoms with Gasteiger partial charge in [-0.15, -0.1) is 10.2 Å². The minimum absolute atomic E-state index is 0.192. The van der Waals surface area contributed by atoms with Gasteiger partial charge in [0, 0.05) is 18.2 Å². The van der Waals surface area contributed by atoms with E-state index in [4.69, 9.17) is 19.2 Å². The molecular formula is C27H32N4O4S. The number of fused-ring (bicyclic) bond motifs is 3. The van der Waals surface area contributed by atoms with Crippen molar-refractivity contribution >= 4 is 23.4 Å². The minimum atomic E-state index is -0.856. The summed E-state index contributed by atoms with van der Waals surface area (Å²) < 4.78 is 17.6. The molecule has 190 valence electrons. The number of aryl methyl sites for hydroxylation is 1. The molecule has 1 atom stereocenters. The number of thioether (sulfide) groups is 1. The highest BCUT2D eigenvalue weighted by atomic mass is 32.2. The molecule has 0 fully saturated rings. The number of carbonyl (C=O) groups is 1. The van der Waals surface area contributed by atoms with Gasteiger partial charge in [0.2, 0.25) is 23.2 Å². The van der Waals surface area contributed by atoms with E-state index in [9.17, 15) is 4.79 Å². The molecule has 1 aliphatic heterocycles. The van der Waals surface area contributed by atoms with Gasteiger partial charge >= 0.3 is 0 Å². The summed E-state index contributed by atoms with van der Waals surface area (Å²) in [5, 5.41) is 9.46. The predicted octanol–water partition coefficient (Wildman–Crippen LogP) is 5.70. The Balaban J connectivity index is 1.91. The van der Waals surface area contributed by atoms with Crippen LogP contribution in [0.4, 0.5) is 5.69 Å². The molecule has 0 aliphatic carbocycles. The highest BCUT2D eigenvalue weighted by Gasteiger charge is 2.36. The van der Waals surface area contributed by atoms with E-state index in [0.29, 0.717) is 45.4 Å². The molecule has 9 heteroatoms. The van der Waals surface area contributed by atoms with Crippen LogP contribution in [-0.2, 0) is 11.2 Å². The number of nitrogens with zero attached hydrogens (tertiary/aromatic N) is 4. The summed E-state index contributed by atoms with van der Waals surface area (Å²) in [7, 11) is 3.18. The number of hydrogen-bond donors (Lipinski definition) is 0. The lowest BCUT2D eigenvalue weighted by atomic mass is 10.0. The molecule has 1 amide bonds. The normalized spacial score (nSPS) is 14.5. The SMILES string of the molecule is CCc1ccc2c(c1)-c1nnc(SCCC(C)C)nc1OC(c1cc(OC)ccc1OC)N2C(C)=O. The van der Waals surface area contributed by atoms with Crippen LogP contribution in [0.2, 0.25) is 0 Å². The Morgan fingerprint density at radius 2 is 1.94 bits per heavy atom. The lowest BCUT2D eigenvalue weighted by molar-refractivity contribution is -0.118. The maximum Gasteiger partial charge on any atom is 0.247 e. The highest BCUT2D eigenvalue weighted by molar-refractivity contribution is 7.99. The van der Waals surface area contributed by atoms with Crippen molar-refractivity contribution in [2.75, 3.05) is 24.9 Å². The van der Waals surface area contributed by atoms with Crippen LogP contribution in [0.15, 0.2) is 41.6 Å². The zero-order chi connectivity index (χ0) is 25.8. The number of ether oxygens (including phenoxy) is 3. The Bertz CT molecular complexity index is 1250. The molecule has 3 aromatic rings. The van der Waals surface area contributed by atoms with Crippen molar-refractivity contribution in [3.8, 4) is 28.6 Å². The van der Waals surface area contributed by atoms with Crippen LogP contribution in [0.3, 0.4) is 0 Å². The number of carbonyl (C=O) groups excluding carboxylic acids is 1. The van der Waals surface area contributed by atoms with Crippen molar-refractivity contribution in [2.24, 2.45) is 5.92 Å². The zero-order valence-corrected chi connectivity index (χ0v) is 22.4. The van der Waals surface area contributed by atoms with E-state index in [0.717, 1.165) is 29.7 Å². The van der Waals surface area contributed by atoms with Crippen LogP contribution < -0.4 is 19.1 Å². The second-order valence-corrected chi connectivity index (χ2v) is 10.0. The van der Waals surface area contributed by atoms with Gasteiger partial charge in [0.05, 0.1) is 25.5 Å². The maximum atomic E-state index is 13.1. The predicted molar refractivity (Wildman–Crippen MR) is 141 cm³/mol. The van der Waals surface area contributed by atoms with Crippen molar-refractivity contribution in [1.29, 1.82) is 0 Å². The lowest BCUT2D eigenvalue weighted by Crippen LogP contribution is -2.36. The van der Waals surface area contributed by atoms with Gasteiger partial charge in [-0.2, -0.15) is 4.98 Å². The Labute approximate surface area is 216 Å². The van der Waals surface area contributed by atoms with E-state index in [1.54, 1.807) is 43.0 Å². The molecule has 0 saturated carbocycles. The zero-order valence-electron chi connectivity index (χ0n) is 21.6. The Morgan fingerprint density at radius 1 is 1.14 bits per heavy atom. The third-order valence-electron chi connectivity index (χ3n) is 6.05. The van der Waals surface area contributed by atoms with Crippen LogP contribution in [0.1, 0.15) is 51.5 Å². The van der Waals surface area contributed by atoms with E-state index < -0.39 is 6.23 Å². The monoisotopic (exact) mass is 508 g/mol. The molecule has 1 unspecified atom stereocenters. The maximum absolute atomic E-state index is 13.1. The summed E-state index contributed by atoms with van der Waals surface area (Å²) >= 11 is 1.55. The molecule has 0 spiro atoms. The first-order chi connectivity index (χ1) is 17.4. The molecule has 0 saturated heterocycles. The number of amides is 1. The Hall–Kier alpha value is -3.33. The summed E-state index contributed by atoms with van der Waals surface area (Å²) in [5.41, 5.74) is 3.67. The fourth-order valence-electron chi connectivity index (χ4n) is 4.05. The van der Waals surface area contributed by atoms with Gasteiger partial charge in [0.15, 0.2) is 5.69 Å². The standard InChI is InChI=1S/C27H32N4O4S/c1-7-18-8-10-22-20(14-18)24-25(28-27(30-29-24)36-13-12-16(2)3)35-26(31(22)17(4)32)21-15-19(33-5)9-11-23(21)34-6/h8-11,14-16,26H,7,12-13H2,1-6H3. The molecular weight excluding hydrogens is 476 g/mol. The number of aromatic nitrogens is 3. The van der Waals surface area contributed by atoms with E-state index in [1.807, 2.05) is 24.3 Å². The van der Waals surface area contributed by atoms with Gasteiger partial charge in [-0.25, -0.2) is 0 Å². The third kappa shape index (κ3) is 5.26. The second-order valence-electron chi connectivity index (χ2n) is 8.95. The minimum Gasteiger partial charge on any atom is -0.497 e. The van der Waals surface area contributed by atoms with E-state index >= 15 is 0 Å². The number of anilines is 1. The van der Waals surface area contributed by atoms with Crippen molar-refractivity contribution in [3.63, 3.8) is 0 Å². The smallest absolute Gasteiger partial charge is 0.247 e. The molecule has 1 aromatic heterocycles. The Morgan fingerprint density at radius 3 is 2.61 bits per heavy atom. The van der Waals surface area contributed by atoms with Crippen molar-refractivity contribution < 1.29 is 19.0 Å². The number of rotatable bonds is 8. The molecule has 0 N–H and O–H groups in total. The van der Waals surface area contributed by atoms with Gasteiger partial charge in [0.25, 0.3) is 0 Å². The van der Waals surface area contributed by atoms with Crippen LogP contribution in [-0.4, -0.2) is 41.1 Å². The summed E-state index contributed by atoms with van der Waals surface area (Å²) in [5.74, 6) is 2.77. The van der Waals surface area contributed by atoms with Gasteiger partial charge in [-0.3, -0.25) is 9.69 Å². The summed E-state index contributed by atoms with van der Waals surface area (Å²) in [6.45, 7) is 7.97. The molecule has 2 heterocycles. The van der Waals surface area contributed by atoms with Crippen LogP contribution >= 0.6 is 11.8 Å². The first kappa shape index (κ1) is 25.8. The molecule has 0 bridgehead atoms. The molecule has 2 aromatic carbocycles. The highest BCUT2D eigenvalue weighted by Crippen LogP contribution is 2.46. The summed E-state index contributed by atoms with van der Waals surface area (Å²) in [6, 6.07) is 11.4. The second kappa shape index (κ2) is 11.2. The molecule has 4 rings (SSSR count). The Kier molecular flexibility index (Phi) is 7.98. The number of methoxy groups -OCH3 is 2. The average molecular weight is 509 g/mol. The van der Waals surface area contributed by atoms with Crippen molar-refractivity contribution in [1.82, 2.24) is 15.2 Å². The quantitative estimate of drug-likeness (QED) is 0.358. The third-order valence-corrected chi connectivity index (χ3v) is 6.92. The molecule has 1 aliphatic rings. The van der Waals surface area contributed by atoms with Crippen LogP contribution in [0.5, 0.6) is 17.4 Å². The number of benzene rings is 2. The van der Waals surface area contributed by atoms with Crippen LogP contribution in [0, 0.1) is 5.92 Å². The summed E-state index contributed by atoms with van der Waals surface area (Å²) in [4.78, 5) is 19.5. The van der Waals surface area contributed by atoms with Gasteiger partial charge in [0.1, 0.15) is 11.5 Å². The lowest BCUT2D eigenvalue weighted by Gasteiger charge is -2.31. The van der Waals surface area contributed by atoms with Crippen molar-refractivity contribution in [2.45, 2.75) is 51.9 Å². The fourth-order valence-corrected chi connectivity index (χ4v) is 5.07. The summed E-state index contributed by atoms with van der Waals surface area (Å²) in [6.07, 6.45) is 1.02. The molecule has 8 nitrogen and oxygen atoms in total.